The lowest BCUT2D eigenvalue weighted by molar-refractivity contribution is -0.126. The summed E-state index contributed by atoms with van der Waals surface area (Å²) >= 11 is 0. The maximum atomic E-state index is 12.9. The molecule has 0 unspecified atom stereocenters. The molecule has 0 radical (unpaired) electrons. The molecule has 6 heteroatoms. The van der Waals surface area contributed by atoms with Gasteiger partial charge in [-0.25, -0.2) is 8.42 Å². The zero-order valence-corrected chi connectivity index (χ0v) is 17.3. The van der Waals surface area contributed by atoms with Gasteiger partial charge >= 0.3 is 0 Å². The van der Waals surface area contributed by atoms with E-state index in [1.807, 2.05) is 50.2 Å². The summed E-state index contributed by atoms with van der Waals surface area (Å²) in [5, 5.41) is 2.99. The summed E-state index contributed by atoms with van der Waals surface area (Å²) in [5.41, 5.74) is 3.23. The molecular formula is C22H28N2O3S. The molecular weight excluding hydrogens is 372 g/mol. The Bertz CT molecular complexity index is 918. The molecule has 1 saturated heterocycles. The quantitative estimate of drug-likeness (QED) is 0.810. The molecule has 28 heavy (non-hydrogen) atoms. The molecule has 0 spiro atoms. The smallest absolute Gasteiger partial charge is 0.243 e. The van der Waals surface area contributed by atoms with Crippen LogP contribution < -0.4 is 5.32 Å². The van der Waals surface area contributed by atoms with Crippen LogP contribution in [0.5, 0.6) is 0 Å². The fraction of sp³-hybridized carbons (Fsp3) is 0.409. The van der Waals surface area contributed by atoms with Gasteiger partial charge in [0.15, 0.2) is 0 Å². The van der Waals surface area contributed by atoms with Crippen molar-refractivity contribution in [3.05, 3.63) is 65.2 Å². The number of aryl methyl sites for hydroxylation is 2. The molecule has 150 valence electrons. The van der Waals surface area contributed by atoms with Gasteiger partial charge in [-0.05, 0) is 61.9 Å². The van der Waals surface area contributed by atoms with Crippen molar-refractivity contribution >= 4 is 15.9 Å². The number of piperidine rings is 1. The summed E-state index contributed by atoms with van der Waals surface area (Å²) in [6.45, 7) is 5.25. The first-order chi connectivity index (χ1) is 13.4. The van der Waals surface area contributed by atoms with Crippen LogP contribution in [-0.4, -0.2) is 38.3 Å². The Morgan fingerprint density at radius 3 is 2.36 bits per heavy atom. The fourth-order valence-electron chi connectivity index (χ4n) is 3.50. The molecule has 5 nitrogen and oxygen atoms in total. The van der Waals surface area contributed by atoms with Crippen molar-refractivity contribution in [1.29, 1.82) is 0 Å². The van der Waals surface area contributed by atoms with E-state index in [-0.39, 0.29) is 11.8 Å². The second-order valence-electron chi connectivity index (χ2n) is 7.45. The molecule has 1 aliphatic heterocycles. The first kappa shape index (κ1) is 20.6. The lowest BCUT2D eigenvalue weighted by Gasteiger charge is -2.30. The van der Waals surface area contributed by atoms with E-state index < -0.39 is 10.0 Å². The molecule has 0 aromatic heterocycles. The lowest BCUT2D eigenvalue weighted by Crippen LogP contribution is -2.43. The average molecular weight is 401 g/mol. The molecule has 3 rings (SSSR count). The topological polar surface area (TPSA) is 66.5 Å². The highest BCUT2D eigenvalue weighted by molar-refractivity contribution is 7.89. The molecule has 0 bridgehead atoms. The van der Waals surface area contributed by atoms with Crippen LogP contribution in [0.25, 0.3) is 0 Å². The minimum Gasteiger partial charge on any atom is -0.356 e. The molecule has 0 saturated carbocycles. The largest absolute Gasteiger partial charge is 0.356 e. The molecule has 2 aromatic carbocycles. The summed E-state index contributed by atoms with van der Waals surface area (Å²) in [6.07, 6.45) is 1.91. The minimum atomic E-state index is -3.50. The van der Waals surface area contributed by atoms with Gasteiger partial charge < -0.3 is 5.32 Å². The first-order valence-corrected chi connectivity index (χ1v) is 11.2. The summed E-state index contributed by atoms with van der Waals surface area (Å²) in [5.74, 6) is -0.0962. The van der Waals surface area contributed by atoms with Crippen LogP contribution in [0.4, 0.5) is 0 Å². The monoisotopic (exact) mass is 400 g/mol. The predicted octanol–water partition coefficient (Wildman–Crippen LogP) is 3.06. The summed E-state index contributed by atoms with van der Waals surface area (Å²) < 4.78 is 27.3. The Hall–Kier alpha value is -2.18. The number of carbonyl (C=O) groups is 1. The molecule has 1 N–H and O–H groups in total. The lowest BCUT2D eigenvalue weighted by atomic mass is 9.97. The molecule has 1 aliphatic rings. The Kier molecular flexibility index (Phi) is 6.52. The number of carbonyl (C=O) groups excluding carboxylic acids is 1. The highest BCUT2D eigenvalue weighted by Crippen LogP contribution is 2.25. The van der Waals surface area contributed by atoms with E-state index in [4.69, 9.17) is 0 Å². The van der Waals surface area contributed by atoms with Crippen molar-refractivity contribution < 1.29 is 13.2 Å². The third-order valence-electron chi connectivity index (χ3n) is 5.50. The highest BCUT2D eigenvalue weighted by Gasteiger charge is 2.32. The Balaban J connectivity index is 1.52. The highest BCUT2D eigenvalue weighted by atomic mass is 32.2. The second-order valence-corrected chi connectivity index (χ2v) is 9.39. The van der Waals surface area contributed by atoms with Crippen molar-refractivity contribution in [3.63, 3.8) is 0 Å². The van der Waals surface area contributed by atoms with Crippen LogP contribution in [0.1, 0.15) is 29.5 Å². The Morgan fingerprint density at radius 1 is 1.04 bits per heavy atom. The molecule has 2 aromatic rings. The van der Waals surface area contributed by atoms with Gasteiger partial charge in [0.05, 0.1) is 4.90 Å². The minimum absolute atomic E-state index is 0.0270. The SMILES string of the molecule is Cc1ccc(S(=O)(=O)N2CCC(C(=O)NCCc3ccccc3)CC2)cc1C. The van der Waals surface area contributed by atoms with Crippen molar-refractivity contribution in [2.75, 3.05) is 19.6 Å². The van der Waals surface area contributed by atoms with Gasteiger partial charge in [0.25, 0.3) is 0 Å². The average Bonchev–Trinajstić information content (AvgIpc) is 2.71. The van der Waals surface area contributed by atoms with E-state index in [0.29, 0.717) is 37.4 Å². The standard InChI is InChI=1S/C22H28N2O3S/c1-17-8-9-21(16-18(17)2)28(26,27)24-14-11-20(12-15-24)22(25)23-13-10-19-6-4-3-5-7-19/h3-9,16,20H,10-15H2,1-2H3,(H,23,25). The van der Waals surface area contributed by atoms with Crippen molar-refractivity contribution in [3.8, 4) is 0 Å². The van der Waals surface area contributed by atoms with E-state index in [9.17, 15) is 13.2 Å². The van der Waals surface area contributed by atoms with Gasteiger partial charge in [-0.1, -0.05) is 36.4 Å². The van der Waals surface area contributed by atoms with Gasteiger partial charge in [0.1, 0.15) is 0 Å². The number of hydrogen-bond acceptors (Lipinski definition) is 3. The Morgan fingerprint density at radius 2 is 1.71 bits per heavy atom. The summed E-state index contributed by atoms with van der Waals surface area (Å²) in [7, 11) is -3.50. The summed E-state index contributed by atoms with van der Waals surface area (Å²) in [4.78, 5) is 12.8. The van der Waals surface area contributed by atoms with Gasteiger partial charge in [0, 0.05) is 25.6 Å². The number of benzene rings is 2. The maximum absolute atomic E-state index is 12.9. The van der Waals surface area contributed by atoms with Crippen molar-refractivity contribution in [2.45, 2.75) is 38.0 Å². The molecule has 1 amide bonds. The third-order valence-corrected chi connectivity index (χ3v) is 7.39. The van der Waals surface area contributed by atoms with Gasteiger partial charge in [0.2, 0.25) is 15.9 Å². The van der Waals surface area contributed by atoms with E-state index in [1.54, 1.807) is 12.1 Å². The van der Waals surface area contributed by atoms with Crippen LogP contribution in [0.2, 0.25) is 0 Å². The van der Waals surface area contributed by atoms with E-state index in [2.05, 4.69) is 5.32 Å². The third kappa shape index (κ3) is 4.80. The normalized spacial score (nSPS) is 16.1. The van der Waals surface area contributed by atoms with Crippen LogP contribution in [0.15, 0.2) is 53.4 Å². The Labute approximate surface area is 167 Å². The molecule has 0 aliphatic carbocycles. The molecule has 1 heterocycles. The number of rotatable bonds is 6. The number of amides is 1. The van der Waals surface area contributed by atoms with E-state index >= 15 is 0 Å². The van der Waals surface area contributed by atoms with Crippen molar-refractivity contribution in [1.82, 2.24) is 9.62 Å². The van der Waals surface area contributed by atoms with Gasteiger partial charge in [-0.2, -0.15) is 4.31 Å². The van der Waals surface area contributed by atoms with E-state index in [0.717, 1.165) is 17.5 Å². The zero-order chi connectivity index (χ0) is 20.1. The van der Waals surface area contributed by atoms with Crippen LogP contribution in [-0.2, 0) is 21.2 Å². The van der Waals surface area contributed by atoms with Crippen LogP contribution in [0.3, 0.4) is 0 Å². The summed E-state index contributed by atoms with van der Waals surface area (Å²) in [6, 6.07) is 15.3. The van der Waals surface area contributed by atoms with Crippen molar-refractivity contribution in [2.24, 2.45) is 5.92 Å². The van der Waals surface area contributed by atoms with Gasteiger partial charge in [-0.3, -0.25) is 4.79 Å². The number of sulfonamides is 1. The van der Waals surface area contributed by atoms with Crippen LogP contribution >= 0.6 is 0 Å². The molecule has 0 atom stereocenters. The maximum Gasteiger partial charge on any atom is 0.243 e. The number of nitrogens with one attached hydrogen (secondary N) is 1. The van der Waals surface area contributed by atoms with Gasteiger partial charge in [-0.15, -0.1) is 0 Å². The van der Waals surface area contributed by atoms with E-state index in [1.165, 1.54) is 9.87 Å². The first-order valence-electron chi connectivity index (χ1n) is 9.77. The fourth-order valence-corrected chi connectivity index (χ4v) is 5.06. The van der Waals surface area contributed by atoms with Crippen LogP contribution in [0, 0.1) is 19.8 Å². The number of hydrogen-bond donors (Lipinski definition) is 1. The second kappa shape index (κ2) is 8.88. The predicted molar refractivity (Wildman–Crippen MR) is 111 cm³/mol. The zero-order valence-electron chi connectivity index (χ0n) is 16.5. The number of nitrogens with zero attached hydrogens (tertiary/aromatic N) is 1. The molecule has 1 fully saturated rings.